The van der Waals surface area contributed by atoms with Gasteiger partial charge in [-0.1, -0.05) is 70.4 Å². The number of carbonyl (C=O) groups is 1. The topological polar surface area (TPSA) is 26.3 Å². The number of carbonyl (C=O) groups excluding carboxylic acids is 1. The van der Waals surface area contributed by atoms with Crippen molar-refractivity contribution in [3.8, 4) is 5.75 Å². The molecule has 1 rings (SSSR count). The summed E-state index contributed by atoms with van der Waals surface area (Å²) in [5, 5.41) is 0. The maximum atomic E-state index is 11.9. The highest BCUT2D eigenvalue weighted by Crippen LogP contribution is 2.21. The minimum atomic E-state index is -0.100. The Bertz CT molecular complexity index is 437. The SMILES string of the molecule is CCCCCCCCCCCC(=O)Oc1cccc(C)c1C. The van der Waals surface area contributed by atoms with Gasteiger partial charge < -0.3 is 4.74 Å². The quantitative estimate of drug-likeness (QED) is 0.279. The van der Waals surface area contributed by atoms with Crippen LogP contribution in [0.4, 0.5) is 0 Å². The first-order valence-corrected chi connectivity index (χ1v) is 8.92. The van der Waals surface area contributed by atoms with Crippen LogP contribution < -0.4 is 4.74 Å². The maximum absolute atomic E-state index is 11.9. The molecule has 0 aliphatic carbocycles. The molecule has 0 heterocycles. The van der Waals surface area contributed by atoms with E-state index in [0.29, 0.717) is 12.2 Å². The first-order valence-electron chi connectivity index (χ1n) is 8.92. The minimum absolute atomic E-state index is 0.100. The lowest BCUT2D eigenvalue weighted by Gasteiger charge is -2.09. The van der Waals surface area contributed by atoms with Gasteiger partial charge in [-0.2, -0.15) is 0 Å². The molecule has 0 N–H and O–H groups in total. The van der Waals surface area contributed by atoms with Gasteiger partial charge in [0.15, 0.2) is 0 Å². The summed E-state index contributed by atoms with van der Waals surface area (Å²) in [6.07, 6.45) is 11.9. The first-order chi connectivity index (χ1) is 10.6. The number of aryl methyl sites for hydroxylation is 1. The molecule has 0 radical (unpaired) electrons. The highest BCUT2D eigenvalue weighted by atomic mass is 16.5. The van der Waals surface area contributed by atoms with Crippen LogP contribution in [0.2, 0.25) is 0 Å². The Morgan fingerprint density at radius 1 is 0.909 bits per heavy atom. The number of benzene rings is 1. The second kappa shape index (κ2) is 11.3. The molecule has 0 saturated heterocycles. The minimum Gasteiger partial charge on any atom is -0.426 e. The molecular formula is C20H32O2. The van der Waals surface area contributed by atoms with Crippen LogP contribution in [-0.4, -0.2) is 5.97 Å². The molecule has 0 aliphatic rings. The first kappa shape index (κ1) is 18.7. The zero-order chi connectivity index (χ0) is 16.2. The molecule has 22 heavy (non-hydrogen) atoms. The Balaban J connectivity index is 2.08. The zero-order valence-corrected chi connectivity index (χ0v) is 14.6. The van der Waals surface area contributed by atoms with Crippen LogP contribution >= 0.6 is 0 Å². The number of hydrogen-bond donors (Lipinski definition) is 0. The maximum Gasteiger partial charge on any atom is 0.311 e. The van der Waals surface area contributed by atoms with Gasteiger partial charge in [-0.05, 0) is 37.5 Å². The fourth-order valence-electron chi connectivity index (χ4n) is 2.59. The molecule has 124 valence electrons. The Morgan fingerprint density at radius 3 is 2.14 bits per heavy atom. The molecule has 1 aromatic carbocycles. The fraction of sp³-hybridized carbons (Fsp3) is 0.650. The monoisotopic (exact) mass is 304 g/mol. The largest absolute Gasteiger partial charge is 0.426 e. The fourth-order valence-corrected chi connectivity index (χ4v) is 2.59. The molecule has 2 nitrogen and oxygen atoms in total. The van der Waals surface area contributed by atoms with Crippen molar-refractivity contribution in [2.75, 3.05) is 0 Å². The number of unbranched alkanes of at least 4 members (excludes halogenated alkanes) is 8. The van der Waals surface area contributed by atoms with Crippen molar-refractivity contribution < 1.29 is 9.53 Å². The summed E-state index contributed by atoms with van der Waals surface area (Å²) in [6, 6.07) is 5.84. The van der Waals surface area contributed by atoms with E-state index in [2.05, 4.69) is 6.92 Å². The van der Waals surface area contributed by atoms with Crippen molar-refractivity contribution in [2.24, 2.45) is 0 Å². The zero-order valence-electron chi connectivity index (χ0n) is 14.6. The molecule has 0 atom stereocenters. The van der Waals surface area contributed by atoms with E-state index < -0.39 is 0 Å². The number of ether oxygens (including phenoxy) is 1. The molecule has 0 aromatic heterocycles. The molecule has 0 bridgehead atoms. The molecular weight excluding hydrogens is 272 g/mol. The van der Waals surface area contributed by atoms with Crippen molar-refractivity contribution in [2.45, 2.75) is 85.0 Å². The molecule has 1 aromatic rings. The smallest absolute Gasteiger partial charge is 0.311 e. The lowest BCUT2D eigenvalue weighted by Crippen LogP contribution is -2.08. The van der Waals surface area contributed by atoms with Crippen molar-refractivity contribution in [3.63, 3.8) is 0 Å². The van der Waals surface area contributed by atoms with E-state index in [4.69, 9.17) is 4.74 Å². The molecule has 0 aliphatic heterocycles. The third kappa shape index (κ3) is 7.63. The van der Waals surface area contributed by atoms with Crippen molar-refractivity contribution in [1.29, 1.82) is 0 Å². The van der Waals surface area contributed by atoms with Crippen LogP contribution in [0.25, 0.3) is 0 Å². The Labute approximate surface area is 136 Å². The molecule has 0 spiro atoms. The van der Waals surface area contributed by atoms with Crippen LogP contribution in [0.3, 0.4) is 0 Å². The van der Waals surface area contributed by atoms with Crippen molar-refractivity contribution >= 4 is 5.97 Å². The second-order valence-corrected chi connectivity index (χ2v) is 6.25. The Kier molecular flexibility index (Phi) is 9.61. The van der Waals surface area contributed by atoms with E-state index in [0.717, 1.165) is 24.0 Å². The Hall–Kier alpha value is -1.31. The molecule has 0 amide bonds. The lowest BCUT2D eigenvalue weighted by atomic mass is 10.1. The summed E-state index contributed by atoms with van der Waals surface area (Å²) in [5.41, 5.74) is 2.22. The van der Waals surface area contributed by atoms with Crippen LogP contribution in [0.1, 0.15) is 82.3 Å². The van der Waals surface area contributed by atoms with E-state index in [1.54, 1.807) is 0 Å². The van der Waals surface area contributed by atoms with Gasteiger partial charge in [0.2, 0.25) is 0 Å². The van der Waals surface area contributed by atoms with Gasteiger partial charge in [0, 0.05) is 6.42 Å². The standard InChI is InChI=1S/C20H32O2/c1-4-5-6-7-8-9-10-11-12-16-20(21)22-19-15-13-14-17(2)18(19)3/h13-15H,4-12,16H2,1-3H3. The summed E-state index contributed by atoms with van der Waals surface area (Å²) in [6.45, 7) is 6.28. The summed E-state index contributed by atoms with van der Waals surface area (Å²) >= 11 is 0. The third-order valence-electron chi connectivity index (χ3n) is 4.26. The molecule has 0 fully saturated rings. The summed E-state index contributed by atoms with van der Waals surface area (Å²) in [5.74, 6) is 0.609. The van der Waals surface area contributed by atoms with Gasteiger partial charge in [0.25, 0.3) is 0 Å². The van der Waals surface area contributed by atoms with Crippen LogP contribution in [0, 0.1) is 13.8 Å². The van der Waals surface area contributed by atoms with Crippen molar-refractivity contribution in [3.05, 3.63) is 29.3 Å². The van der Waals surface area contributed by atoms with Gasteiger partial charge >= 0.3 is 5.97 Å². The van der Waals surface area contributed by atoms with Gasteiger partial charge in [-0.15, -0.1) is 0 Å². The van der Waals surface area contributed by atoms with Gasteiger partial charge in [-0.3, -0.25) is 4.79 Å². The van der Waals surface area contributed by atoms with Gasteiger partial charge in [0.05, 0.1) is 0 Å². The van der Waals surface area contributed by atoms with E-state index >= 15 is 0 Å². The normalized spacial score (nSPS) is 10.7. The van der Waals surface area contributed by atoms with E-state index in [-0.39, 0.29) is 5.97 Å². The van der Waals surface area contributed by atoms with Crippen LogP contribution in [0.15, 0.2) is 18.2 Å². The Morgan fingerprint density at radius 2 is 1.50 bits per heavy atom. The highest BCUT2D eigenvalue weighted by molar-refractivity contribution is 5.72. The summed E-state index contributed by atoms with van der Waals surface area (Å²) in [4.78, 5) is 11.9. The molecule has 0 unspecified atom stereocenters. The lowest BCUT2D eigenvalue weighted by molar-refractivity contribution is -0.134. The van der Waals surface area contributed by atoms with Crippen LogP contribution in [0.5, 0.6) is 5.75 Å². The van der Waals surface area contributed by atoms with Crippen molar-refractivity contribution in [1.82, 2.24) is 0 Å². The number of esters is 1. The predicted molar refractivity (Wildman–Crippen MR) is 93.4 cm³/mol. The van der Waals surface area contributed by atoms with Gasteiger partial charge in [-0.25, -0.2) is 0 Å². The number of rotatable bonds is 11. The van der Waals surface area contributed by atoms with E-state index in [1.165, 1.54) is 44.9 Å². The predicted octanol–water partition coefficient (Wildman–Crippen LogP) is 6.13. The van der Waals surface area contributed by atoms with Crippen LogP contribution in [-0.2, 0) is 4.79 Å². The molecule has 0 saturated carbocycles. The summed E-state index contributed by atoms with van der Waals surface area (Å²) in [7, 11) is 0. The highest BCUT2D eigenvalue weighted by Gasteiger charge is 2.08. The van der Waals surface area contributed by atoms with E-state index in [9.17, 15) is 4.79 Å². The second-order valence-electron chi connectivity index (χ2n) is 6.25. The summed E-state index contributed by atoms with van der Waals surface area (Å²) < 4.78 is 5.46. The molecule has 2 heteroatoms. The third-order valence-corrected chi connectivity index (χ3v) is 4.26. The average molecular weight is 304 g/mol. The number of hydrogen-bond acceptors (Lipinski definition) is 2. The average Bonchev–Trinajstić information content (AvgIpc) is 2.50. The van der Waals surface area contributed by atoms with Gasteiger partial charge in [0.1, 0.15) is 5.75 Å². The van der Waals surface area contributed by atoms with E-state index in [1.807, 2.05) is 32.0 Å².